The van der Waals surface area contributed by atoms with Crippen molar-refractivity contribution in [1.29, 1.82) is 0 Å². The number of halogens is 3. The van der Waals surface area contributed by atoms with Crippen LogP contribution in [0.4, 0.5) is 13.2 Å². The maximum absolute atomic E-state index is 11.4. The lowest BCUT2D eigenvalue weighted by atomic mass is 9.88. The predicted octanol–water partition coefficient (Wildman–Crippen LogP) is 33.1. The van der Waals surface area contributed by atoms with Gasteiger partial charge in [0.1, 0.15) is 0 Å². The third-order valence-electron chi connectivity index (χ3n) is 11.8. The Hall–Kier alpha value is -0.210. The number of alkyl halides is 3. The molecule has 4 rings (SSSR count). The first-order valence-electron chi connectivity index (χ1n) is 42.9. The smallest absolute Gasteiger partial charge is 0.171 e. The van der Waals surface area contributed by atoms with Crippen LogP contribution < -0.4 is 0 Å². The van der Waals surface area contributed by atoms with E-state index in [2.05, 4.69) is 83.1 Å². The fourth-order valence-corrected chi connectivity index (χ4v) is 5.32. The molecule has 0 bridgehead atoms. The number of rotatable bonds is 9. The lowest BCUT2D eigenvalue weighted by molar-refractivity contribution is -0.170. The second-order valence-electron chi connectivity index (χ2n) is 26.4. The van der Waals surface area contributed by atoms with Gasteiger partial charge in [-0.15, -0.1) is 0 Å². The largest absolute Gasteiger partial charge is 0.391 e. The molecule has 4 aliphatic carbocycles. The van der Waals surface area contributed by atoms with E-state index in [9.17, 15) is 13.2 Å². The van der Waals surface area contributed by atoms with Crippen LogP contribution in [0.25, 0.3) is 0 Å². The first-order valence-corrected chi connectivity index (χ1v) is 34.9. The van der Waals surface area contributed by atoms with Gasteiger partial charge in [0.25, 0.3) is 0 Å². The standard InChI is InChI=1S/C8H16.2C7H14.C6H12.C6H14.C5H9F3.4C5H12.4C4H10.C3H8.C2H6/c1-2-8-6-4-3-5-7-8;1-7-5-3-2-4-6-7;1-2-7-5-3-4-6-7;1-6-4-2-3-5-6;1-5-6(2,3)4;1-3-4(2)5(6,7)8;1-5(2,3)4;2*1-4-5(2)3;1-3-5-4-2;2*1-4(2)3;2*1-3-4-2;1-3-2;1-2/h8H,2-7H2,1H3;2*7H,2-6H2,1H3;6H,2-5H2,1H3;5H2,1-4H3;4H,3H2,1-2H3;1-4H3;2*5H,4H2,1-3H3;3-5H2,1-2H3;2*4H,1-3H3;2*3-4H2,1-2H3;3H2,1-2H3;1-2H3/i2D2;7D;2D2;6D;5D2;;1D3;4D2;;;4D;;3D2;;;. The van der Waals surface area contributed by atoms with Crippen molar-refractivity contribution in [3.63, 3.8) is 0 Å². The van der Waals surface area contributed by atoms with Crippen LogP contribution in [-0.2, 0) is 0 Å². The molecule has 4 saturated carbocycles. The van der Waals surface area contributed by atoms with E-state index in [1.54, 1.807) is 55.4 Å². The van der Waals surface area contributed by atoms with E-state index in [4.69, 9.17) is 21.9 Å². The Labute approximate surface area is 558 Å². The van der Waals surface area contributed by atoms with E-state index < -0.39 is 56.2 Å². The van der Waals surface area contributed by atoms with Gasteiger partial charge in [0.15, 0.2) is 0 Å². The minimum atomic E-state index is -3.99. The van der Waals surface area contributed by atoms with Gasteiger partial charge in [0, 0.05) is 21.9 Å². The van der Waals surface area contributed by atoms with Gasteiger partial charge >= 0.3 is 6.18 Å². The minimum Gasteiger partial charge on any atom is -0.171 e. The third kappa shape index (κ3) is 187. The van der Waals surface area contributed by atoms with Crippen LogP contribution in [0.1, 0.15) is 476 Å². The van der Waals surface area contributed by atoms with Gasteiger partial charge in [-0.25, -0.2) is 0 Å². The van der Waals surface area contributed by atoms with Gasteiger partial charge in [-0.2, -0.15) is 13.2 Å². The Balaban J connectivity index is -0.0000000825. The highest BCUT2D eigenvalue weighted by Crippen LogP contribution is 2.28. The summed E-state index contributed by atoms with van der Waals surface area (Å²) in [6.45, 7) is 65.3. The maximum Gasteiger partial charge on any atom is 0.391 e. The van der Waals surface area contributed by atoms with Crippen LogP contribution in [0.2, 0.25) is 0 Å². The summed E-state index contributed by atoms with van der Waals surface area (Å²) in [4.78, 5) is 0. The Morgan fingerprint density at radius 1 is 0.458 bits per heavy atom. The molecule has 83 heavy (non-hydrogen) atoms. The van der Waals surface area contributed by atoms with Crippen LogP contribution in [0.5, 0.6) is 0 Å². The van der Waals surface area contributed by atoms with E-state index in [0.29, 0.717) is 18.3 Å². The highest BCUT2D eigenvalue weighted by atomic mass is 19.4. The van der Waals surface area contributed by atoms with Gasteiger partial charge in [-0.1, -0.05) is 448 Å². The van der Waals surface area contributed by atoms with Crippen LogP contribution in [-0.4, -0.2) is 6.18 Å². The molecule has 0 amide bonds. The molecule has 0 aromatic rings. The van der Waals surface area contributed by atoms with E-state index in [1.165, 1.54) is 123 Å². The number of hydrogen-bond donors (Lipinski definition) is 0. The van der Waals surface area contributed by atoms with E-state index in [0.717, 1.165) is 63.2 Å². The zero-order chi connectivity index (χ0) is 82.6. The Bertz CT molecular complexity index is 1490. The van der Waals surface area contributed by atoms with Gasteiger partial charge < -0.3 is 0 Å². The lowest BCUT2D eigenvalue weighted by Gasteiger charge is -2.18. The summed E-state index contributed by atoms with van der Waals surface area (Å²) < 4.78 is 149. The molecule has 1 unspecified atom stereocenters. The second kappa shape index (κ2) is 90.5. The Kier molecular flexibility index (Phi) is 80.2. The first-order chi connectivity index (χ1) is 43.9. The zero-order valence-corrected chi connectivity index (χ0v) is 64.7. The highest BCUT2D eigenvalue weighted by Gasteiger charge is 2.34. The van der Waals surface area contributed by atoms with Gasteiger partial charge in [-0.3, -0.25) is 0 Å². The van der Waals surface area contributed by atoms with Crippen LogP contribution in [0.15, 0.2) is 0 Å². The molecular formula is C80H181F3. The third-order valence-corrected chi connectivity index (χ3v) is 11.8. The summed E-state index contributed by atoms with van der Waals surface area (Å²) in [7, 11) is 0. The molecule has 0 aliphatic heterocycles. The molecule has 522 valence electrons. The highest BCUT2D eigenvalue weighted by molar-refractivity contribution is 4.65. The monoisotopic (exact) mass is 1220 g/mol. The molecular weight excluding hydrogens is 1020 g/mol. The molecule has 1 atom stereocenters. The van der Waals surface area contributed by atoms with E-state index >= 15 is 0 Å². The molecule has 0 aromatic carbocycles. The second-order valence-corrected chi connectivity index (χ2v) is 26.4. The lowest BCUT2D eigenvalue weighted by Crippen LogP contribution is -2.18. The Morgan fingerprint density at radius 2 is 0.675 bits per heavy atom. The fourth-order valence-electron chi connectivity index (χ4n) is 5.32. The summed E-state index contributed by atoms with van der Waals surface area (Å²) in [6, 6.07) is 0. The van der Waals surface area contributed by atoms with Crippen molar-refractivity contribution in [1.82, 2.24) is 0 Å². The molecule has 0 N–H and O–H groups in total. The summed E-state index contributed by atoms with van der Waals surface area (Å²) >= 11 is 0. The topological polar surface area (TPSA) is 0 Å². The molecule has 0 nitrogen and oxygen atoms in total. The summed E-state index contributed by atoms with van der Waals surface area (Å²) in [5.74, 6) is 1.00. The van der Waals surface area contributed by atoms with Crippen molar-refractivity contribution in [2.45, 2.75) is 461 Å². The van der Waals surface area contributed by atoms with Crippen LogP contribution in [0.3, 0.4) is 0 Å². The zero-order valence-electron chi connectivity index (χ0n) is 80.7. The van der Waals surface area contributed by atoms with E-state index in [1.807, 2.05) is 90.0 Å². The molecule has 0 aromatic heterocycles. The van der Waals surface area contributed by atoms with Gasteiger partial charge in [0.2, 0.25) is 0 Å². The molecule has 0 saturated heterocycles. The van der Waals surface area contributed by atoms with Crippen molar-refractivity contribution >= 4 is 0 Å². The summed E-state index contributed by atoms with van der Waals surface area (Å²) in [5.41, 5.74) is -0.792. The van der Waals surface area contributed by atoms with Crippen LogP contribution in [0, 0.1) is 64.0 Å². The van der Waals surface area contributed by atoms with Crippen molar-refractivity contribution in [2.75, 3.05) is 0 Å². The average Bonchev–Trinajstić information content (AvgIpc) is 1.58. The van der Waals surface area contributed by atoms with E-state index in [-0.39, 0.29) is 35.4 Å². The quantitative estimate of drug-likeness (QED) is 0.216. The fraction of sp³-hybridized carbons (Fsp3) is 1.00. The molecule has 4 fully saturated rings. The molecule has 3 heteroatoms. The number of unbranched alkanes of at least 4 members (excludes halogenated alkanes) is 3. The van der Waals surface area contributed by atoms with Crippen LogP contribution >= 0.6 is 0 Å². The normalized spacial score (nSPS) is 19.7. The Morgan fingerprint density at radius 3 is 0.747 bits per heavy atom. The number of hydrogen-bond acceptors (Lipinski definition) is 0. The molecule has 4 aliphatic rings. The van der Waals surface area contributed by atoms with Gasteiger partial charge in [-0.05, 0) is 64.5 Å². The van der Waals surface area contributed by atoms with Crippen molar-refractivity contribution in [3.05, 3.63) is 0 Å². The minimum absolute atomic E-state index is 0.0556. The molecule has 0 radical (unpaired) electrons. The average molecular weight is 1220 g/mol. The predicted molar refractivity (Wildman–Crippen MR) is 394 cm³/mol. The summed E-state index contributed by atoms with van der Waals surface area (Å²) in [6.07, 6.45) is 22.8. The van der Waals surface area contributed by atoms with Gasteiger partial charge in [0.05, 0.1) is 5.92 Å². The SMILES string of the molecule is CC.CC(C)C.CCC.CCC(C)C.CCC(C)C(F)(F)F.CCCC.CCCCC.[2H]C(C)(C)C.[2H]C([2H])(C)C(C)(C)C.[2H]C([2H])(C)C(C)C.[2H]C([2H])(C)C1CCCC1.[2H]C([2H])(C)C1CCCCC1.[2H]C([2H])(C)CC.[2H]C([2H])([2H])C(C)(C)C.[2H]C1(C)CCCC1.[2H]C1(C)CCCCC1. The summed E-state index contributed by atoms with van der Waals surface area (Å²) in [5, 5.41) is 0. The maximum atomic E-state index is 11.4. The first kappa shape index (κ1) is 73.5. The van der Waals surface area contributed by atoms with Crippen molar-refractivity contribution < 1.29 is 35.1 Å². The van der Waals surface area contributed by atoms with Crippen molar-refractivity contribution in [3.8, 4) is 0 Å². The molecule has 0 spiro atoms. The molecule has 0 heterocycles. The van der Waals surface area contributed by atoms with Crippen molar-refractivity contribution in [2.24, 2.45) is 64.0 Å².